The van der Waals surface area contributed by atoms with E-state index in [1.165, 1.54) is 0 Å². The van der Waals surface area contributed by atoms with Crippen LogP contribution in [0.4, 0.5) is 5.82 Å². The molecule has 0 spiro atoms. The maximum atomic E-state index is 12.1. The number of carbonyl (C=O) groups excluding carboxylic acids is 1. The van der Waals surface area contributed by atoms with Crippen LogP contribution in [0.3, 0.4) is 0 Å². The van der Waals surface area contributed by atoms with Crippen molar-refractivity contribution in [1.82, 2.24) is 20.1 Å². The highest BCUT2D eigenvalue weighted by atomic mass is 35.5. The Kier molecular flexibility index (Phi) is 7.31. The number of halogens is 2. The third-order valence-electron chi connectivity index (χ3n) is 3.39. The summed E-state index contributed by atoms with van der Waals surface area (Å²) in [6.45, 7) is 1.97. The van der Waals surface area contributed by atoms with Gasteiger partial charge in [-0.3, -0.25) is 9.48 Å². The molecule has 0 radical (unpaired) electrons. The van der Waals surface area contributed by atoms with Gasteiger partial charge in [0.15, 0.2) is 5.69 Å². The highest BCUT2D eigenvalue weighted by Crippen LogP contribution is 2.16. The summed E-state index contributed by atoms with van der Waals surface area (Å²) in [4.78, 5) is 16.1. The summed E-state index contributed by atoms with van der Waals surface area (Å²) in [5.74, 6) is 0.303. The fourth-order valence-electron chi connectivity index (χ4n) is 2.34. The lowest BCUT2D eigenvalue weighted by Crippen LogP contribution is -2.32. The standard InChI is InChI=1S/C14H17N5O.2ClH/c20-14(17-13-5-1-2-8-16-13)12-6-9-19(18-12)11-4-3-7-15-10-11;;/h1-2,5-6,8-9,11,15H,3-4,7,10H2,(H,16,17,20);2*1H. The predicted octanol–water partition coefficient (Wildman–Crippen LogP) is 2.30. The molecule has 3 heterocycles. The Morgan fingerprint density at radius 1 is 1.32 bits per heavy atom. The number of aromatic nitrogens is 3. The Bertz CT molecular complexity index is 584. The van der Waals surface area contributed by atoms with Gasteiger partial charge in [-0.1, -0.05) is 6.07 Å². The van der Waals surface area contributed by atoms with E-state index < -0.39 is 0 Å². The third-order valence-corrected chi connectivity index (χ3v) is 3.39. The van der Waals surface area contributed by atoms with Crippen molar-refractivity contribution < 1.29 is 4.79 Å². The number of hydrogen-bond donors (Lipinski definition) is 2. The maximum absolute atomic E-state index is 12.1. The van der Waals surface area contributed by atoms with Crippen LogP contribution in [0.5, 0.6) is 0 Å². The zero-order valence-corrected chi connectivity index (χ0v) is 13.6. The molecule has 2 N–H and O–H groups in total. The molecule has 1 unspecified atom stereocenters. The number of hydrogen-bond acceptors (Lipinski definition) is 4. The summed E-state index contributed by atoms with van der Waals surface area (Å²) in [5.41, 5.74) is 0.418. The minimum absolute atomic E-state index is 0. The van der Waals surface area contributed by atoms with Crippen LogP contribution in [0.15, 0.2) is 36.7 Å². The second-order valence-electron chi connectivity index (χ2n) is 4.85. The van der Waals surface area contributed by atoms with Crippen LogP contribution in [0.1, 0.15) is 29.4 Å². The van der Waals surface area contributed by atoms with Crippen molar-refractivity contribution in [2.75, 3.05) is 18.4 Å². The Hall–Kier alpha value is -1.63. The van der Waals surface area contributed by atoms with Crippen LogP contribution >= 0.6 is 24.8 Å². The summed E-state index contributed by atoms with van der Waals surface area (Å²) in [6.07, 6.45) is 5.74. The predicted molar refractivity (Wildman–Crippen MR) is 90.1 cm³/mol. The van der Waals surface area contributed by atoms with E-state index in [1.807, 2.05) is 16.9 Å². The molecule has 1 aliphatic heterocycles. The van der Waals surface area contributed by atoms with Crippen LogP contribution < -0.4 is 10.6 Å². The second kappa shape index (κ2) is 8.73. The van der Waals surface area contributed by atoms with Crippen molar-refractivity contribution in [3.8, 4) is 0 Å². The normalized spacial score (nSPS) is 17.0. The van der Waals surface area contributed by atoms with Crippen molar-refractivity contribution >= 4 is 36.5 Å². The molecule has 1 aliphatic rings. The molecule has 0 bridgehead atoms. The van der Waals surface area contributed by atoms with Crippen LogP contribution in [0, 0.1) is 0 Å². The van der Waals surface area contributed by atoms with Gasteiger partial charge in [0.1, 0.15) is 5.82 Å². The highest BCUT2D eigenvalue weighted by Gasteiger charge is 2.17. The zero-order valence-electron chi connectivity index (χ0n) is 11.9. The number of carbonyl (C=O) groups is 1. The average Bonchev–Trinajstić information content (AvgIpc) is 2.99. The van der Waals surface area contributed by atoms with E-state index in [9.17, 15) is 4.79 Å². The second-order valence-corrected chi connectivity index (χ2v) is 4.85. The number of anilines is 1. The monoisotopic (exact) mass is 343 g/mol. The number of nitrogens with one attached hydrogen (secondary N) is 2. The highest BCUT2D eigenvalue weighted by molar-refractivity contribution is 6.02. The quantitative estimate of drug-likeness (QED) is 0.896. The molecule has 22 heavy (non-hydrogen) atoms. The van der Waals surface area contributed by atoms with Crippen LogP contribution in [0.2, 0.25) is 0 Å². The molecule has 1 saturated heterocycles. The summed E-state index contributed by atoms with van der Waals surface area (Å²) >= 11 is 0. The van der Waals surface area contributed by atoms with Gasteiger partial charge in [0.2, 0.25) is 0 Å². The van der Waals surface area contributed by atoms with E-state index in [0.29, 0.717) is 17.6 Å². The number of amides is 1. The molecule has 3 rings (SSSR count). The van der Waals surface area contributed by atoms with Crippen molar-refractivity contribution in [3.63, 3.8) is 0 Å². The smallest absolute Gasteiger partial charge is 0.277 e. The first kappa shape index (κ1) is 18.4. The first-order chi connectivity index (χ1) is 9.83. The summed E-state index contributed by atoms with van der Waals surface area (Å²) in [6, 6.07) is 7.46. The topological polar surface area (TPSA) is 71.8 Å². The van der Waals surface area contributed by atoms with Gasteiger partial charge in [-0.25, -0.2) is 4.98 Å². The van der Waals surface area contributed by atoms with Crippen molar-refractivity contribution in [2.45, 2.75) is 18.9 Å². The molecule has 8 heteroatoms. The fourth-order valence-corrected chi connectivity index (χ4v) is 2.34. The first-order valence-electron chi connectivity index (χ1n) is 6.81. The molecule has 0 aromatic carbocycles. The lowest BCUT2D eigenvalue weighted by atomic mass is 10.1. The molecule has 2 aromatic heterocycles. The molecule has 2 aromatic rings. The summed E-state index contributed by atoms with van der Waals surface area (Å²) in [7, 11) is 0. The van der Waals surface area contributed by atoms with Crippen LogP contribution in [-0.4, -0.2) is 33.8 Å². The summed E-state index contributed by atoms with van der Waals surface area (Å²) in [5, 5.41) is 10.4. The minimum Gasteiger partial charge on any atom is -0.315 e. The Labute approximate surface area is 141 Å². The molecule has 0 saturated carbocycles. The number of nitrogens with zero attached hydrogens (tertiary/aromatic N) is 3. The van der Waals surface area contributed by atoms with E-state index in [2.05, 4.69) is 20.7 Å². The summed E-state index contributed by atoms with van der Waals surface area (Å²) < 4.78 is 1.87. The number of piperidine rings is 1. The van der Waals surface area contributed by atoms with E-state index in [1.54, 1.807) is 24.4 Å². The van der Waals surface area contributed by atoms with E-state index in [4.69, 9.17) is 0 Å². The van der Waals surface area contributed by atoms with E-state index in [0.717, 1.165) is 25.9 Å². The molecule has 1 amide bonds. The van der Waals surface area contributed by atoms with Crippen molar-refractivity contribution in [1.29, 1.82) is 0 Å². The zero-order chi connectivity index (χ0) is 13.8. The number of pyridine rings is 1. The maximum Gasteiger partial charge on any atom is 0.277 e. The molecule has 1 atom stereocenters. The Morgan fingerprint density at radius 2 is 2.18 bits per heavy atom. The molecule has 0 aliphatic carbocycles. The first-order valence-corrected chi connectivity index (χ1v) is 6.81. The molecule has 120 valence electrons. The van der Waals surface area contributed by atoms with Gasteiger partial charge >= 0.3 is 0 Å². The SMILES string of the molecule is Cl.Cl.O=C(Nc1ccccn1)c1ccn(C2CCCNC2)n1. The van der Waals surface area contributed by atoms with E-state index in [-0.39, 0.29) is 30.7 Å². The van der Waals surface area contributed by atoms with Gasteiger partial charge in [0, 0.05) is 18.9 Å². The largest absolute Gasteiger partial charge is 0.315 e. The Balaban J connectivity index is 0.00000121. The van der Waals surface area contributed by atoms with Crippen LogP contribution in [-0.2, 0) is 0 Å². The molecular weight excluding hydrogens is 325 g/mol. The lowest BCUT2D eigenvalue weighted by molar-refractivity contribution is 0.102. The minimum atomic E-state index is -0.230. The van der Waals surface area contributed by atoms with E-state index >= 15 is 0 Å². The molecular formula is C14H19Cl2N5O. The van der Waals surface area contributed by atoms with Gasteiger partial charge < -0.3 is 10.6 Å². The van der Waals surface area contributed by atoms with Gasteiger partial charge in [0.25, 0.3) is 5.91 Å². The third kappa shape index (κ3) is 4.43. The van der Waals surface area contributed by atoms with Gasteiger partial charge in [0.05, 0.1) is 6.04 Å². The molecule has 6 nitrogen and oxygen atoms in total. The van der Waals surface area contributed by atoms with Crippen molar-refractivity contribution in [2.24, 2.45) is 0 Å². The molecule has 1 fully saturated rings. The van der Waals surface area contributed by atoms with Gasteiger partial charge in [-0.15, -0.1) is 24.8 Å². The van der Waals surface area contributed by atoms with Gasteiger partial charge in [-0.2, -0.15) is 5.10 Å². The van der Waals surface area contributed by atoms with Gasteiger partial charge in [-0.05, 0) is 37.6 Å². The Morgan fingerprint density at radius 3 is 2.86 bits per heavy atom. The van der Waals surface area contributed by atoms with Crippen LogP contribution in [0.25, 0.3) is 0 Å². The average molecular weight is 344 g/mol. The van der Waals surface area contributed by atoms with Crippen molar-refractivity contribution in [3.05, 3.63) is 42.4 Å². The number of rotatable bonds is 3. The fraction of sp³-hybridized carbons (Fsp3) is 0.357. The lowest BCUT2D eigenvalue weighted by Gasteiger charge is -2.22.